The highest BCUT2D eigenvalue weighted by molar-refractivity contribution is 6.33. The van der Waals surface area contributed by atoms with Crippen molar-refractivity contribution in [1.82, 2.24) is 15.6 Å². The summed E-state index contributed by atoms with van der Waals surface area (Å²) < 4.78 is 0. The maximum atomic E-state index is 12.0. The Labute approximate surface area is 130 Å². The minimum absolute atomic E-state index is 0. The Balaban J connectivity index is 0.00000162. The topological polar surface area (TPSA) is 54.0 Å². The molecule has 0 bridgehead atoms. The van der Waals surface area contributed by atoms with Gasteiger partial charge in [-0.15, -0.1) is 24.8 Å². The second kappa shape index (κ2) is 8.59. The highest BCUT2D eigenvalue weighted by Gasteiger charge is 2.21. The van der Waals surface area contributed by atoms with E-state index >= 15 is 0 Å². The Kier molecular flexibility index (Phi) is 8.34. The molecule has 4 nitrogen and oxygen atoms in total. The van der Waals surface area contributed by atoms with E-state index in [0.29, 0.717) is 16.6 Å². The molecule has 1 aliphatic rings. The maximum absolute atomic E-state index is 12.0. The Morgan fingerprint density at radius 1 is 1.53 bits per heavy atom. The monoisotopic (exact) mass is 325 g/mol. The standard InChI is InChI=1S/C12H16ClN3O.2ClH/c1-8-6-9(2-5-15-8)16-12(17)10-3-4-14-7-11(10)13;;/h3-4,7-9,15H,2,5-6H2,1H3,(H,16,17);2*1H. The van der Waals surface area contributed by atoms with Crippen molar-refractivity contribution in [2.24, 2.45) is 0 Å². The fraction of sp³-hybridized carbons (Fsp3) is 0.500. The van der Waals surface area contributed by atoms with Gasteiger partial charge >= 0.3 is 0 Å². The van der Waals surface area contributed by atoms with Crippen molar-refractivity contribution in [3.8, 4) is 0 Å². The zero-order valence-electron chi connectivity index (χ0n) is 10.6. The van der Waals surface area contributed by atoms with Gasteiger partial charge in [-0.25, -0.2) is 0 Å². The summed E-state index contributed by atoms with van der Waals surface area (Å²) in [4.78, 5) is 15.9. The predicted octanol–water partition coefficient (Wildman–Crippen LogP) is 2.45. The molecule has 19 heavy (non-hydrogen) atoms. The van der Waals surface area contributed by atoms with Crippen LogP contribution in [0.4, 0.5) is 0 Å². The van der Waals surface area contributed by atoms with Gasteiger partial charge in [0.2, 0.25) is 0 Å². The fourth-order valence-electron chi connectivity index (χ4n) is 2.09. The number of halogens is 3. The maximum Gasteiger partial charge on any atom is 0.253 e. The number of aromatic nitrogens is 1. The summed E-state index contributed by atoms with van der Waals surface area (Å²) in [6, 6.07) is 2.31. The zero-order chi connectivity index (χ0) is 12.3. The van der Waals surface area contributed by atoms with Crippen LogP contribution in [-0.2, 0) is 0 Å². The Bertz CT molecular complexity index is 417. The number of hydrogen-bond acceptors (Lipinski definition) is 3. The average molecular weight is 327 g/mol. The molecule has 1 fully saturated rings. The van der Waals surface area contributed by atoms with Crippen molar-refractivity contribution in [3.05, 3.63) is 29.0 Å². The number of rotatable bonds is 2. The molecule has 0 aromatic carbocycles. The molecule has 1 aliphatic heterocycles. The number of nitrogens with one attached hydrogen (secondary N) is 2. The summed E-state index contributed by atoms with van der Waals surface area (Å²) >= 11 is 5.93. The van der Waals surface area contributed by atoms with Crippen molar-refractivity contribution >= 4 is 42.3 Å². The molecule has 2 heterocycles. The van der Waals surface area contributed by atoms with Gasteiger partial charge in [0.05, 0.1) is 10.6 Å². The van der Waals surface area contributed by atoms with Gasteiger partial charge < -0.3 is 10.6 Å². The van der Waals surface area contributed by atoms with Crippen LogP contribution in [0.1, 0.15) is 30.1 Å². The third-order valence-corrected chi connectivity index (χ3v) is 3.28. The molecular weight excluding hydrogens is 309 g/mol. The summed E-state index contributed by atoms with van der Waals surface area (Å²) in [7, 11) is 0. The van der Waals surface area contributed by atoms with Crippen LogP contribution in [-0.4, -0.2) is 29.5 Å². The fourth-order valence-corrected chi connectivity index (χ4v) is 2.29. The third-order valence-electron chi connectivity index (χ3n) is 2.98. The predicted molar refractivity (Wildman–Crippen MR) is 81.7 cm³/mol. The lowest BCUT2D eigenvalue weighted by atomic mass is 10.0. The van der Waals surface area contributed by atoms with Gasteiger partial charge in [0, 0.05) is 24.5 Å². The van der Waals surface area contributed by atoms with Gasteiger partial charge in [0.1, 0.15) is 0 Å². The minimum Gasteiger partial charge on any atom is -0.349 e. The number of nitrogens with zero attached hydrogens (tertiary/aromatic N) is 1. The molecule has 0 aliphatic carbocycles. The molecule has 0 saturated carbocycles. The van der Waals surface area contributed by atoms with Crippen molar-refractivity contribution in [1.29, 1.82) is 0 Å². The van der Waals surface area contributed by atoms with E-state index in [-0.39, 0.29) is 36.8 Å². The summed E-state index contributed by atoms with van der Waals surface area (Å²) in [5.41, 5.74) is 0.493. The van der Waals surface area contributed by atoms with Crippen LogP contribution in [0, 0.1) is 0 Å². The molecular formula is C12H18Cl3N3O. The lowest BCUT2D eigenvalue weighted by Gasteiger charge is -2.28. The van der Waals surface area contributed by atoms with E-state index in [1.807, 2.05) is 0 Å². The Hall–Kier alpha value is -0.550. The number of piperidine rings is 1. The van der Waals surface area contributed by atoms with Crippen molar-refractivity contribution in [3.63, 3.8) is 0 Å². The quantitative estimate of drug-likeness (QED) is 0.878. The number of hydrogen-bond donors (Lipinski definition) is 2. The van der Waals surface area contributed by atoms with Crippen LogP contribution in [0.2, 0.25) is 5.02 Å². The minimum atomic E-state index is -0.114. The smallest absolute Gasteiger partial charge is 0.253 e. The molecule has 2 unspecified atom stereocenters. The lowest BCUT2D eigenvalue weighted by molar-refractivity contribution is 0.0925. The molecule has 1 aromatic rings. The average Bonchev–Trinajstić information content (AvgIpc) is 2.29. The summed E-state index contributed by atoms with van der Waals surface area (Å²) in [5, 5.41) is 6.76. The first-order chi connectivity index (χ1) is 8.16. The van der Waals surface area contributed by atoms with E-state index in [1.54, 1.807) is 12.3 Å². The molecule has 2 atom stereocenters. The van der Waals surface area contributed by atoms with Crippen LogP contribution in [0.15, 0.2) is 18.5 Å². The van der Waals surface area contributed by atoms with E-state index in [1.165, 1.54) is 6.20 Å². The van der Waals surface area contributed by atoms with Gasteiger partial charge in [0.25, 0.3) is 5.91 Å². The molecule has 2 rings (SSSR count). The van der Waals surface area contributed by atoms with Crippen LogP contribution in [0.25, 0.3) is 0 Å². The normalized spacial score (nSPS) is 21.8. The molecule has 7 heteroatoms. The number of carbonyl (C=O) groups is 1. The van der Waals surface area contributed by atoms with Gasteiger partial charge in [-0.3, -0.25) is 9.78 Å². The van der Waals surface area contributed by atoms with Crippen molar-refractivity contribution in [2.45, 2.75) is 31.8 Å². The molecule has 0 radical (unpaired) electrons. The number of carbonyl (C=O) groups excluding carboxylic acids is 1. The molecule has 0 spiro atoms. The summed E-state index contributed by atoms with van der Waals surface area (Å²) in [5.74, 6) is -0.114. The SMILES string of the molecule is CC1CC(NC(=O)c2ccncc2Cl)CCN1.Cl.Cl. The van der Waals surface area contributed by atoms with Gasteiger partial charge in [-0.1, -0.05) is 11.6 Å². The first kappa shape index (κ1) is 18.4. The van der Waals surface area contributed by atoms with Gasteiger partial charge in [0.15, 0.2) is 0 Å². The molecule has 1 amide bonds. The summed E-state index contributed by atoms with van der Waals surface area (Å²) in [6.45, 7) is 3.06. The number of pyridine rings is 1. The largest absolute Gasteiger partial charge is 0.349 e. The van der Waals surface area contributed by atoms with E-state index in [9.17, 15) is 4.79 Å². The van der Waals surface area contributed by atoms with E-state index in [0.717, 1.165) is 19.4 Å². The van der Waals surface area contributed by atoms with Crippen LogP contribution < -0.4 is 10.6 Å². The van der Waals surface area contributed by atoms with Gasteiger partial charge in [-0.2, -0.15) is 0 Å². The molecule has 108 valence electrons. The number of amides is 1. The van der Waals surface area contributed by atoms with Gasteiger partial charge in [-0.05, 0) is 32.4 Å². The van der Waals surface area contributed by atoms with E-state index in [4.69, 9.17) is 11.6 Å². The van der Waals surface area contributed by atoms with Crippen LogP contribution in [0.3, 0.4) is 0 Å². The molecule has 2 N–H and O–H groups in total. The molecule has 1 saturated heterocycles. The van der Waals surface area contributed by atoms with Crippen LogP contribution >= 0.6 is 36.4 Å². The van der Waals surface area contributed by atoms with Crippen molar-refractivity contribution in [2.75, 3.05) is 6.54 Å². The highest BCUT2D eigenvalue weighted by atomic mass is 35.5. The second-order valence-corrected chi connectivity index (χ2v) is 4.81. The Morgan fingerprint density at radius 2 is 2.26 bits per heavy atom. The molecule has 1 aromatic heterocycles. The van der Waals surface area contributed by atoms with E-state index in [2.05, 4.69) is 22.5 Å². The van der Waals surface area contributed by atoms with Crippen molar-refractivity contribution < 1.29 is 4.79 Å². The summed E-state index contributed by atoms with van der Waals surface area (Å²) in [6.07, 6.45) is 4.97. The first-order valence-electron chi connectivity index (χ1n) is 5.80. The first-order valence-corrected chi connectivity index (χ1v) is 6.18. The van der Waals surface area contributed by atoms with Crippen LogP contribution in [0.5, 0.6) is 0 Å². The second-order valence-electron chi connectivity index (χ2n) is 4.41. The third kappa shape index (κ3) is 5.15. The zero-order valence-corrected chi connectivity index (χ0v) is 12.9. The highest BCUT2D eigenvalue weighted by Crippen LogP contribution is 2.15. The van der Waals surface area contributed by atoms with E-state index < -0.39 is 0 Å². The lowest BCUT2D eigenvalue weighted by Crippen LogP contribution is -2.46. The Morgan fingerprint density at radius 3 is 2.89 bits per heavy atom.